The van der Waals surface area contributed by atoms with E-state index < -0.39 is 118 Å². The van der Waals surface area contributed by atoms with Crippen molar-refractivity contribution in [2.24, 2.45) is 30.7 Å². The van der Waals surface area contributed by atoms with Crippen molar-refractivity contribution in [1.29, 1.82) is 0 Å². The lowest BCUT2D eigenvalue weighted by atomic mass is 10.2. The predicted molar refractivity (Wildman–Crippen MR) is 238 cm³/mol. The summed E-state index contributed by atoms with van der Waals surface area (Å²) in [6.07, 6.45) is 0. The summed E-state index contributed by atoms with van der Waals surface area (Å²) in [5.74, 6) is -2.22. The maximum Gasteiger partial charge on any atom is 0.397 e. The molecule has 0 aliphatic carbocycles. The standard InChI is InChI=1S/C30H32N8O24S8/c31-28-24(36-33-18-1-3-19(4-2-18)66(42,43)12-9-54-64-61-58-40)17-25(37-35-23-8-6-21(16-27(23)69(48,49)50)67(44,45)13-10-55-65-62-59-41)29(32)30(28)38-34-22-7-5-20(15-26(22)63-60-57-39)68(46,47)14-11-56-70(51,52)53/h1-8,15-17,39-41H,9-14,31-32H2,(H,48,49,50)(H,51,52,53). The van der Waals surface area contributed by atoms with E-state index in [1.807, 2.05) is 0 Å². The average molecular weight is 1150 g/mol. The number of hydrogen-bond donors (Lipinski definition) is 7. The summed E-state index contributed by atoms with van der Waals surface area (Å²) in [5.41, 5.74) is 9.96. The first-order valence-electron chi connectivity index (χ1n) is 17.7. The monoisotopic (exact) mass is 1140 g/mol. The molecule has 4 aromatic carbocycles. The van der Waals surface area contributed by atoms with Gasteiger partial charge in [0.1, 0.15) is 33.3 Å². The highest BCUT2D eigenvalue weighted by Gasteiger charge is 2.24. The lowest BCUT2D eigenvalue weighted by Gasteiger charge is -2.11. The number of sulfone groups is 3. The Morgan fingerprint density at radius 2 is 0.957 bits per heavy atom. The van der Waals surface area contributed by atoms with E-state index >= 15 is 0 Å². The number of nitrogens with zero attached hydrogens (tertiary/aromatic N) is 6. The van der Waals surface area contributed by atoms with Gasteiger partial charge in [0.2, 0.25) is 0 Å². The zero-order chi connectivity index (χ0) is 51.8. The highest BCUT2D eigenvalue weighted by atomic mass is 32.3. The van der Waals surface area contributed by atoms with E-state index in [2.05, 4.69) is 63.0 Å². The maximum absolute atomic E-state index is 12.9. The minimum atomic E-state index is -5.23. The number of nitrogens with two attached hydrogens (primary N) is 2. The van der Waals surface area contributed by atoms with E-state index in [0.29, 0.717) is 6.07 Å². The number of rotatable bonds is 29. The first-order chi connectivity index (χ1) is 32.9. The van der Waals surface area contributed by atoms with Crippen molar-refractivity contribution in [2.75, 3.05) is 48.5 Å². The van der Waals surface area contributed by atoms with E-state index in [0.717, 1.165) is 36.4 Å². The Kier molecular flexibility index (Phi) is 21.8. The van der Waals surface area contributed by atoms with Crippen LogP contribution in [0.4, 0.5) is 45.5 Å². The van der Waals surface area contributed by atoms with E-state index in [-0.39, 0.29) is 75.8 Å². The van der Waals surface area contributed by atoms with E-state index in [9.17, 15) is 46.6 Å². The van der Waals surface area contributed by atoms with Gasteiger partial charge in [-0.3, -0.25) is 17.5 Å². The van der Waals surface area contributed by atoms with Gasteiger partial charge >= 0.3 is 10.4 Å². The third-order valence-corrected chi connectivity index (χ3v) is 15.8. The fourth-order valence-corrected chi connectivity index (χ4v) is 10.5. The van der Waals surface area contributed by atoms with Gasteiger partial charge in [-0.2, -0.15) is 21.9 Å². The topological polar surface area (TPSA) is 481 Å². The van der Waals surface area contributed by atoms with Crippen molar-refractivity contribution < 1.29 is 108 Å². The van der Waals surface area contributed by atoms with Crippen molar-refractivity contribution >= 4 is 132 Å². The van der Waals surface area contributed by atoms with Crippen LogP contribution in [0.2, 0.25) is 0 Å². The quantitative estimate of drug-likeness (QED) is 0.00631. The molecular weight excluding hydrogens is 1110 g/mol. The molecule has 0 heterocycles. The molecule has 0 unspecified atom stereocenters. The second-order valence-electron chi connectivity index (χ2n) is 12.4. The summed E-state index contributed by atoms with van der Waals surface area (Å²) in [6.45, 7) is -1.89. The fraction of sp³-hybridized carbons (Fsp3) is 0.200. The summed E-state index contributed by atoms with van der Waals surface area (Å²) >= 11 is 0.466. The number of nitrogen functional groups attached to an aromatic ring is 2. The third kappa shape index (κ3) is 17.7. The van der Waals surface area contributed by atoms with Crippen LogP contribution >= 0.6 is 36.7 Å². The van der Waals surface area contributed by atoms with Crippen molar-refractivity contribution in [3.63, 3.8) is 0 Å². The Hall–Kier alpha value is -4.48. The van der Waals surface area contributed by atoms with Gasteiger partial charge in [0.25, 0.3) is 10.1 Å². The molecule has 0 aromatic heterocycles. The number of anilines is 2. The van der Waals surface area contributed by atoms with Crippen molar-refractivity contribution in [1.82, 2.24) is 0 Å². The summed E-state index contributed by atoms with van der Waals surface area (Å²) in [5, 5.41) is 59.3. The van der Waals surface area contributed by atoms with Gasteiger partial charge in [0, 0.05) is 0 Å². The molecule has 70 heavy (non-hydrogen) atoms. The van der Waals surface area contributed by atoms with E-state index in [1.165, 1.54) is 24.3 Å². The van der Waals surface area contributed by atoms with Gasteiger partial charge in [-0.15, -0.1) is 38.6 Å². The van der Waals surface area contributed by atoms with Crippen LogP contribution in [0, 0.1) is 0 Å². The molecule has 4 rings (SSSR count). The minimum absolute atomic E-state index is 0.0415. The van der Waals surface area contributed by atoms with E-state index in [4.69, 9.17) is 40.2 Å². The largest absolute Gasteiger partial charge is 0.397 e. The van der Waals surface area contributed by atoms with Crippen LogP contribution in [0.5, 0.6) is 0 Å². The number of benzene rings is 4. The SMILES string of the molecule is Nc1c(N=Nc2ccc(S(=O)(=O)CCOSOOO)cc2)cc(N=Nc2ccc(S(=O)(=O)CCOSOOO)cc2S(=O)(=O)O)c(N)c1N=Nc1ccc(S(=O)(=O)CCOS(=O)(=O)O)cc1SOOO. The number of hydrogen-bond acceptors (Lipinski definition) is 33. The van der Waals surface area contributed by atoms with Crippen molar-refractivity contribution in [3.8, 4) is 0 Å². The Morgan fingerprint density at radius 1 is 0.500 bits per heavy atom. The Morgan fingerprint density at radius 3 is 1.49 bits per heavy atom. The highest BCUT2D eigenvalue weighted by Crippen LogP contribution is 2.46. The van der Waals surface area contributed by atoms with Gasteiger partial charge in [-0.05, 0) is 66.7 Å². The first kappa shape index (κ1) is 58.1. The first-order valence-corrected chi connectivity index (χ1v) is 27.6. The second-order valence-corrected chi connectivity index (χ2v) is 23.0. The van der Waals surface area contributed by atoms with Crippen molar-refractivity contribution in [3.05, 3.63) is 66.7 Å². The molecular formula is C30H32N8O24S8. The Bertz CT molecular complexity index is 3130. The van der Waals surface area contributed by atoms with Gasteiger partial charge in [-0.25, -0.2) is 45.2 Å². The molecule has 0 aliphatic heterocycles. The number of azo groups is 3. The van der Waals surface area contributed by atoms with Gasteiger partial charge < -0.3 is 11.5 Å². The second kappa shape index (κ2) is 26.3. The zero-order valence-electron chi connectivity index (χ0n) is 34.2. The fourth-order valence-electron chi connectivity index (χ4n) is 4.88. The maximum atomic E-state index is 12.9. The van der Waals surface area contributed by atoms with Crippen LogP contribution in [0.1, 0.15) is 0 Å². The Labute approximate surface area is 408 Å². The average Bonchev–Trinajstić information content (AvgIpc) is 3.29. The summed E-state index contributed by atoms with van der Waals surface area (Å²) in [6, 6.07) is 11.3. The van der Waals surface area contributed by atoms with Crippen LogP contribution in [0.25, 0.3) is 0 Å². The molecule has 0 saturated heterocycles. The summed E-state index contributed by atoms with van der Waals surface area (Å²) in [7, 11) is -22.8. The molecule has 32 nitrogen and oxygen atoms in total. The van der Waals surface area contributed by atoms with E-state index in [1.54, 1.807) is 0 Å². The lowest BCUT2D eigenvalue weighted by Crippen LogP contribution is -2.15. The van der Waals surface area contributed by atoms with Gasteiger partial charge in [0.15, 0.2) is 54.2 Å². The van der Waals surface area contributed by atoms with Crippen LogP contribution < -0.4 is 11.5 Å². The van der Waals surface area contributed by atoms with Crippen LogP contribution in [0.15, 0.2) is 122 Å². The van der Waals surface area contributed by atoms with Crippen molar-refractivity contribution in [2.45, 2.75) is 24.5 Å². The molecule has 0 spiro atoms. The molecule has 0 bridgehead atoms. The molecule has 0 radical (unpaired) electrons. The highest BCUT2D eigenvalue weighted by molar-refractivity contribution is 7.95. The molecule has 0 amide bonds. The Balaban J connectivity index is 1.81. The summed E-state index contributed by atoms with van der Waals surface area (Å²) in [4.78, 5) is -2.53. The lowest BCUT2D eigenvalue weighted by molar-refractivity contribution is -0.434. The molecule has 0 fully saturated rings. The van der Waals surface area contributed by atoms with Gasteiger partial charge in [0.05, 0.1) is 85.8 Å². The predicted octanol–water partition coefficient (Wildman–Crippen LogP) is 5.91. The smallest absolute Gasteiger partial charge is 0.395 e. The molecule has 0 saturated carbocycles. The minimum Gasteiger partial charge on any atom is -0.395 e. The molecule has 384 valence electrons. The van der Waals surface area contributed by atoms with Gasteiger partial charge in [-0.1, -0.05) is 15.1 Å². The molecule has 40 heteroatoms. The molecule has 0 aliphatic rings. The molecule has 0 atom stereocenters. The zero-order valence-corrected chi connectivity index (χ0v) is 40.7. The third-order valence-electron chi connectivity index (χ3n) is 8.01. The van der Waals surface area contributed by atoms with Crippen LogP contribution in [-0.4, -0.2) is 104 Å². The van der Waals surface area contributed by atoms with Crippen LogP contribution in [0.3, 0.4) is 0 Å². The normalized spacial score (nSPS) is 13.0. The molecule has 9 N–H and O–H groups in total. The molecule has 4 aromatic rings. The summed E-state index contributed by atoms with van der Waals surface area (Å²) < 4.78 is 169. The van der Waals surface area contributed by atoms with Crippen LogP contribution in [-0.2, 0) is 90.7 Å².